The first-order chi connectivity index (χ1) is 13.7. The van der Waals surface area contributed by atoms with Crippen LogP contribution >= 0.6 is 11.6 Å². The standard InChI is InChI=1S/C23H25ClFN3O/c1-5-10-28-21-12-19(24)16(11-18(21)15(2)13-23(28,3)4)14-26-27-22(29)17-8-6-7-9-20(17)25/h6-9,11-14H,5,10H2,1-4H3,(H,27,29)/b26-14-. The molecule has 1 heterocycles. The molecule has 6 heteroatoms. The predicted molar refractivity (Wildman–Crippen MR) is 118 cm³/mol. The Kier molecular flexibility index (Phi) is 6.08. The molecule has 0 atom stereocenters. The lowest BCUT2D eigenvalue weighted by Crippen LogP contribution is -2.45. The van der Waals surface area contributed by atoms with Crippen molar-refractivity contribution in [1.29, 1.82) is 0 Å². The van der Waals surface area contributed by atoms with E-state index in [9.17, 15) is 9.18 Å². The number of nitrogens with zero attached hydrogens (tertiary/aromatic N) is 2. The molecule has 0 unspecified atom stereocenters. The number of allylic oxidation sites excluding steroid dienone is 1. The highest BCUT2D eigenvalue weighted by atomic mass is 35.5. The van der Waals surface area contributed by atoms with E-state index in [0.29, 0.717) is 10.6 Å². The van der Waals surface area contributed by atoms with Crippen LogP contribution in [0.4, 0.5) is 10.1 Å². The maximum absolute atomic E-state index is 13.7. The summed E-state index contributed by atoms with van der Waals surface area (Å²) in [6.07, 6.45) is 4.76. The van der Waals surface area contributed by atoms with Crippen LogP contribution in [0.5, 0.6) is 0 Å². The fraction of sp³-hybridized carbons (Fsp3) is 0.304. The fourth-order valence-corrected chi connectivity index (χ4v) is 3.92. The van der Waals surface area contributed by atoms with Gasteiger partial charge in [-0.15, -0.1) is 0 Å². The smallest absolute Gasteiger partial charge is 0.274 e. The van der Waals surface area contributed by atoms with E-state index in [4.69, 9.17) is 11.6 Å². The van der Waals surface area contributed by atoms with Gasteiger partial charge < -0.3 is 4.90 Å². The Bertz CT molecular complexity index is 998. The minimum absolute atomic E-state index is 0.0580. The lowest BCUT2D eigenvalue weighted by Gasteiger charge is -2.43. The quantitative estimate of drug-likeness (QED) is 0.508. The second-order valence-electron chi connectivity index (χ2n) is 7.70. The summed E-state index contributed by atoms with van der Waals surface area (Å²) < 4.78 is 13.7. The fourth-order valence-electron chi connectivity index (χ4n) is 3.71. The van der Waals surface area contributed by atoms with Gasteiger partial charge in [0.25, 0.3) is 5.91 Å². The molecule has 0 saturated heterocycles. The Labute approximate surface area is 176 Å². The predicted octanol–water partition coefficient (Wildman–Crippen LogP) is 5.65. The van der Waals surface area contributed by atoms with Crippen molar-refractivity contribution in [3.05, 3.63) is 70.0 Å². The van der Waals surface area contributed by atoms with Crippen LogP contribution in [0.1, 0.15) is 55.6 Å². The van der Waals surface area contributed by atoms with Crippen LogP contribution in [0.15, 0.2) is 47.6 Å². The summed E-state index contributed by atoms with van der Waals surface area (Å²) in [6, 6.07) is 9.69. The molecule has 1 amide bonds. The molecule has 2 aromatic rings. The average molecular weight is 414 g/mol. The van der Waals surface area contributed by atoms with E-state index in [-0.39, 0.29) is 11.1 Å². The molecule has 29 heavy (non-hydrogen) atoms. The average Bonchev–Trinajstić information content (AvgIpc) is 2.66. The third kappa shape index (κ3) is 4.35. The molecule has 2 aromatic carbocycles. The summed E-state index contributed by atoms with van der Waals surface area (Å²) in [5, 5.41) is 4.51. The van der Waals surface area contributed by atoms with Crippen LogP contribution in [0.3, 0.4) is 0 Å². The normalized spacial score (nSPS) is 15.2. The molecule has 0 fully saturated rings. The van der Waals surface area contributed by atoms with Gasteiger partial charge in [0, 0.05) is 23.4 Å². The maximum atomic E-state index is 13.7. The zero-order valence-electron chi connectivity index (χ0n) is 17.1. The largest absolute Gasteiger partial charge is 0.362 e. The van der Waals surface area contributed by atoms with Crippen molar-refractivity contribution < 1.29 is 9.18 Å². The molecule has 0 saturated carbocycles. The number of anilines is 1. The highest BCUT2D eigenvalue weighted by Crippen LogP contribution is 2.41. The Hall–Kier alpha value is -2.66. The van der Waals surface area contributed by atoms with Gasteiger partial charge in [0.1, 0.15) is 5.82 Å². The van der Waals surface area contributed by atoms with Crippen molar-refractivity contribution in [2.75, 3.05) is 11.4 Å². The Morgan fingerprint density at radius 2 is 2.03 bits per heavy atom. The van der Waals surface area contributed by atoms with Crippen molar-refractivity contribution in [2.24, 2.45) is 5.10 Å². The number of amides is 1. The highest BCUT2D eigenvalue weighted by molar-refractivity contribution is 6.33. The van der Waals surface area contributed by atoms with Crippen LogP contribution < -0.4 is 10.3 Å². The van der Waals surface area contributed by atoms with Crippen molar-refractivity contribution in [2.45, 2.75) is 39.7 Å². The molecule has 0 aromatic heterocycles. The number of nitrogens with one attached hydrogen (secondary N) is 1. The van der Waals surface area contributed by atoms with Gasteiger partial charge in [0.05, 0.1) is 22.3 Å². The number of carbonyl (C=O) groups excluding carboxylic acids is 1. The number of hydrogen-bond donors (Lipinski definition) is 1. The molecule has 0 radical (unpaired) electrons. The van der Waals surface area contributed by atoms with Crippen molar-refractivity contribution in [3.8, 4) is 0 Å². The third-order valence-electron chi connectivity index (χ3n) is 5.03. The first-order valence-corrected chi connectivity index (χ1v) is 10.0. The summed E-state index contributed by atoms with van der Waals surface area (Å²) in [7, 11) is 0. The van der Waals surface area contributed by atoms with E-state index in [2.05, 4.69) is 49.2 Å². The number of carbonyl (C=O) groups is 1. The minimum Gasteiger partial charge on any atom is -0.362 e. The zero-order valence-corrected chi connectivity index (χ0v) is 17.8. The van der Waals surface area contributed by atoms with Crippen LogP contribution in [0.2, 0.25) is 5.02 Å². The molecule has 1 N–H and O–H groups in total. The SMILES string of the molecule is CCCN1c2cc(Cl)c(/C=N\NC(=O)c3ccccc3F)cc2C(C)=CC1(C)C. The maximum Gasteiger partial charge on any atom is 0.274 e. The molecule has 0 aliphatic carbocycles. The van der Waals surface area contributed by atoms with Crippen molar-refractivity contribution >= 4 is 35.0 Å². The van der Waals surface area contributed by atoms with Gasteiger partial charge in [-0.1, -0.05) is 36.7 Å². The third-order valence-corrected chi connectivity index (χ3v) is 5.36. The second kappa shape index (κ2) is 8.37. The number of hydrazone groups is 1. The number of rotatable bonds is 5. The second-order valence-corrected chi connectivity index (χ2v) is 8.11. The van der Waals surface area contributed by atoms with Gasteiger partial charge in [0.2, 0.25) is 0 Å². The molecule has 1 aliphatic rings. The summed E-state index contributed by atoms with van der Waals surface area (Å²) in [5.74, 6) is -1.20. The van der Waals surface area contributed by atoms with Gasteiger partial charge in [0.15, 0.2) is 0 Å². The first kappa shape index (κ1) is 21.1. The van der Waals surface area contributed by atoms with Gasteiger partial charge in [-0.25, -0.2) is 9.82 Å². The Morgan fingerprint density at radius 3 is 2.72 bits per heavy atom. The summed E-state index contributed by atoms with van der Waals surface area (Å²) in [5.41, 5.74) is 6.23. The van der Waals surface area contributed by atoms with E-state index in [1.165, 1.54) is 30.0 Å². The number of halogens is 2. The van der Waals surface area contributed by atoms with Gasteiger partial charge in [-0.05, 0) is 57.0 Å². The molecular weight excluding hydrogens is 389 g/mol. The van der Waals surface area contributed by atoms with E-state index in [0.717, 1.165) is 24.2 Å². The molecule has 0 bridgehead atoms. The van der Waals surface area contributed by atoms with Crippen LogP contribution in [0.25, 0.3) is 5.57 Å². The van der Waals surface area contributed by atoms with Crippen LogP contribution in [-0.4, -0.2) is 24.2 Å². The summed E-state index contributed by atoms with van der Waals surface area (Å²) in [4.78, 5) is 14.4. The number of benzene rings is 2. The van der Waals surface area contributed by atoms with E-state index >= 15 is 0 Å². The Morgan fingerprint density at radius 1 is 1.31 bits per heavy atom. The van der Waals surface area contributed by atoms with E-state index < -0.39 is 11.7 Å². The molecule has 3 rings (SSSR count). The summed E-state index contributed by atoms with van der Waals surface area (Å²) >= 11 is 6.51. The number of fused-ring (bicyclic) bond motifs is 1. The summed E-state index contributed by atoms with van der Waals surface area (Å²) in [6.45, 7) is 9.54. The first-order valence-electron chi connectivity index (χ1n) is 9.63. The van der Waals surface area contributed by atoms with Crippen LogP contribution in [-0.2, 0) is 0 Å². The van der Waals surface area contributed by atoms with Gasteiger partial charge in [-0.2, -0.15) is 5.10 Å². The zero-order chi connectivity index (χ0) is 21.2. The van der Waals surface area contributed by atoms with Crippen molar-refractivity contribution in [1.82, 2.24) is 5.43 Å². The van der Waals surface area contributed by atoms with Gasteiger partial charge >= 0.3 is 0 Å². The lowest BCUT2D eigenvalue weighted by atomic mass is 9.88. The molecule has 0 spiro atoms. The minimum atomic E-state index is -0.611. The number of hydrogen-bond acceptors (Lipinski definition) is 3. The van der Waals surface area contributed by atoms with Crippen LogP contribution in [0, 0.1) is 5.82 Å². The monoisotopic (exact) mass is 413 g/mol. The lowest BCUT2D eigenvalue weighted by molar-refractivity contribution is 0.0951. The Balaban J connectivity index is 1.87. The topological polar surface area (TPSA) is 44.7 Å². The molecule has 152 valence electrons. The molecule has 1 aliphatic heterocycles. The highest BCUT2D eigenvalue weighted by Gasteiger charge is 2.31. The van der Waals surface area contributed by atoms with Crippen molar-refractivity contribution in [3.63, 3.8) is 0 Å². The van der Waals surface area contributed by atoms with E-state index in [1.54, 1.807) is 6.07 Å². The molecular formula is C23H25ClFN3O. The van der Waals surface area contributed by atoms with E-state index in [1.807, 2.05) is 12.1 Å². The molecule has 4 nitrogen and oxygen atoms in total. The van der Waals surface area contributed by atoms with Gasteiger partial charge in [-0.3, -0.25) is 4.79 Å².